The van der Waals surface area contributed by atoms with Crippen molar-refractivity contribution in [3.63, 3.8) is 0 Å². The molecule has 0 aromatic carbocycles. The van der Waals surface area contributed by atoms with Gasteiger partial charge in [-0.3, -0.25) is 0 Å². The molecule has 3 N–H and O–H groups in total. The van der Waals surface area contributed by atoms with Crippen LogP contribution in [-0.2, 0) is 9.05 Å². The Labute approximate surface area is 283 Å². The van der Waals surface area contributed by atoms with Gasteiger partial charge in [0.1, 0.15) is 0 Å². The number of thioether (sulfide) groups is 2. The zero-order valence-electron chi connectivity index (χ0n) is 29.5. The molecular formula is C36H77O5PS2. The van der Waals surface area contributed by atoms with E-state index in [1.165, 1.54) is 180 Å². The number of hydrogen-bond acceptors (Lipinski definition) is 7. The van der Waals surface area contributed by atoms with Crippen molar-refractivity contribution in [1.29, 1.82) is 0 Å². The average molecular weight is 685 g/mol. The molecule has 268 valence electrons. The van der Waals surface area contributed by atoms with Crippen molar-refractivity contribution >= 4 is 31.3 Å². The van der Waals surface area contributed by atoms with E-state index < -0.39 is 7.74 Å². The van der Waals surface area contributed by atoms with Crippen LogP contribution in [0.3, 0.4) is 0 Å². The van der Waals surface area contributed by atoms with Crippen molar-refractivity contribution < 1.29 is 23.7 Å². The Balaban J connectivity index is 3.38. The minimum absolute atomic E-state index is 0.0801. The molecule has 0 saturated heterocycles. The van der Waals surface area contributed by atoms with E-state index in [9.17, 15) is 14.7 Å². The van der Waals surface area contributed by atoms with E-state index >= 15 is 0 Å². The Hall–Kier alpha value is 0.930. The summed E-state index contributed by atoms with van der Waals surface area (Å²) in [5.41, 5.74) is 0. The Morgan fingerprint density at radius 3 is 0.818 bits per heavy atom. The molecule has 5 nitrogen and oxygen atoms in total. The van der Waals surface area contributed by atoms with E-state index in [1.54, 1.807) is 23.5 Å². The summed E-state index contributed by atoms with van der Waals surface area (Å²) in [7, 11) is -5.43. The van der Waals surface area contributed by atoms with Gasteiger partial charge in [-0.05, 0) is 0 Å². The van der Waals surface area contributed by atoms with E-state index in [0.717, 1.165) is 11.5 Å². The first kappa shape index (κ1) is 44.9. The van der Waals surface area contributed by atoms with Crippen LogP contribution in [0.25, 0.3) is 0 Å². The molecule has 0 spiro atoms. The zero-order chi connectivity index (χ0) is 32.3. The third-order valence-electron chi connectivity index (χ3n) is 8.37. The van der Waals surface area contributed by atoms with Gasteiger partial charge in [0.15, 0.2) is 0 Å². The van der Waals surface area contributed by atoms with E-state index in [-0.39, 0.29) is 13.2 Å². The molecule has 44 heavy (non-hydrogen) atoms. The van der Waals surface area contributed by atoms with Gasteiger partial charge in [-0.25, -0.2) is 0 Å². The van der Waals surface area contributed by atoms with Crippen LogP contribution < -0.4 is 0 Å². The SMILES string of the molecule is CCCCCCCCCCCCCCCCSCCOP(O)(O)(O)OCCSCCCCCCCCCCCCCCCC. The molecular weight excluding hydrogens is 607 g/mol. The number of rotatable bonds is 38. The molecule has 0 saturated carbocycles. The van der Waals surface area contributed by atoms with Crippen LogP contribution in [0.2, 0.25) is 0 Å². The van der Waals surface area contributed by atoms with E-state index in [1.807, 2.05) is 0 Å². The van der Waals surface area contributed by atoms with Gasteiger partial charge in [-0.15, -0.1) is 0 Å². The van der Waals surface area contributed by atoms with Gasteiger partial charge in [0.25, 0.3) is 0 Å². The maximum atomic E-state index is 10.0. The van der Waals surface area contributed by atoms with Gasteiger partial charge >= 0.3 is 181 Å². The molecule has 0 aliphatic rings. The maximum absolute atomic E-state index is 10.0. The van der Waals surface area contributed by atoms with Crippen molar-refractivity contribution in [2.24, 2.45) is 0 Å². The van der Waals surface area contributed by atoms with Crippen LogP contribution in [0.4, 0.5) is 0 Å². The number of unbranched alkanes of at least 4 members (excludes halogenated alkanes) is 26. The molecule has 0 unspecified atom stereocenters. The van der Waals surface area contributed by atoms with E-state index in [4.69, 9.17) is 9.05 Å². The second-order valence-corrected chi connectivity index (χ2v) is 17.5. The molecule has 0 fully saturated rings. The van der Waals surface area contributed by atoms with Gasteiger partial charge in [-0.1, -0.05) is 104 Å². The second kappa shape index (κ2) is 33.8. The van der Waals surface area contributed by atoms with E-state index in [0.29, 0.717) is 11.5 Å². The molecule has 0 aliphatic carbocycles. The normalized spacial score (nSPS) is 13.0. The standard InChI is InChI=1S/C36H77O5PS2/c1-3-5-7-9-11-13-15-17-19-21-23-25-27-29-33-43-35-31-40-42(37,38,39)41-32-36-44-34-30-28-26-24-22-20-18-16-14-12-10-8-6-4-2/h37-39H,3-36H2,1-2H3. The van der Waals surface area contributed by atoms with Crippen molar-refractivity contribution in [2.75, 3.05) is 36.2 Å². The topological polar surface area (TPSA) is 79.2 Å². The molecule has 0 amide bonds. The van der Waals surface area contributed by atoms with Gasteiger partial charge in [-0.2, -0.15) is 0 Å². The molecule has 0 aromatic rings. The van der Waals surface area contributed by atoms with Crippen LogP contribution in [0.1, 0.15) is 194 Å². The summed E-state index contributed by atoms with van der Waals surface area (Å²) in [6, 6.07) is 0. The predicted molar refractivity (Wildman–Crippen MR) is 201 cm³/mol. The minimum atomic E-state index is -5.43. The first-order valence-electron chi connectivity index (χ1n) is 19.1. The molecule has 0 bridgehead atoms. The van der Waals surface area contributed by atoms with Gasteiger partial charge in [0.2, 0.25) is 0 Å². The third-order valence-corrected chi connectivity index (χ3v) is 11.7. The summed E-state index contributed by atoms with van der Waals surface area (Å²) in [6.45, 7) is 4.71. The van der Waals surface area contributed by atoms with Gasteiger partial charge in [0, 0.05) is 0 Å². The fraction of sp³-hybridized carbons (Fsp3) is 1.00. The molecule has 0 atom stereocenters. The van der Waals surface area contributed by atoms with E-state index in [2.05, 4.69) is 13.8 Å². The smallest absolute Gasteiger partial charge is 0.0654 e. The van der Waals surface area contributed by atoms with Crippen molar-refractivity contribution in [3.8, 4) is 0 Å². The summed E-state index contributed by atoms with van der Waals surface area (Å²) >= 11 is 3.46. The fourth-order valence-corrected chi connectivity index (χ4v) is 8.32. The number of hydrogen-bond donors (Lipinski definition) is 3. The molecule has 8 heteroatoms. The quantitative estimate of drug-likeness (QED) is 0.0441. The van der Waals surface area contributed by atoms with Crippen LogP contribution in [0, 0.1) is 0 Å². The monoisotopic (exact) mass is 684 g/mol. The molecule has 0 radical (unpaired) electrons. The van der Waals surface area contributed by atoms with Crippen LogP contribution >= 0.6 is 31.3 Å². The second-order valence-electron chi connectivity index (χ2n) is 12.9. The molecule has 0 aromatic heterocycles. The first-order chi connectivity index (χ1) is 21.4. The predicted octanol–water partition coefficient (Wildman–Crippen LogP) is 12.6. The summed E-state index contributed by atoms with van der Waals surface area (Å²) in [6.07, 6.45) is 38.1. The molecule has 0 aliphatic heterocycles. The van der Waals surface area contributed by atoms with Crippen molar-refractivity contribution in [1.82, 2.24) is 0 Å². The van der Waals surface area contributed by atoms with Crippen molar-refractivity contribution in [2.45, 2.75) is 194 Å². The van der Waals surface area contributed by atoms with Crippen molar-refractivity contribution in [3.05, 3.63) is 0 Å². The molecule has 0 rings (SSSR count). The van der Waals surface area contributed by atoms with Crippen LogP contribution in [0.5, 0.6) is 0 Å². The molecule has 0 heterocycles. The van der Waals surface area contributed by atoms with Crippen LogP contribution in [-0.4, -0.2) is 50.9 Å². The minimum Gasteiger partial charge on any atom is -0.0654 e. The Morgan fingerprint density at radius 1 is 0.341 bits per heavy atom. The Kier molecular flexibility index (Phi) is 34.5. The average Bonchev–Trinajstić information content (AvgIpc) is 2.99. The summed E-state index contributed by atoms with van der Waals surface area (Å²) in [5, 5.41) is 0. The summed E-state index contributed by atoms with van der Waals surface area (Å²) < 4.78 is 10.0. The van der Waals surface area contributed by atoms with Gasteiger partial charge in [0.05, 0.1) is 0 Å². The fourth-order valence-electron chi connectivity index (χ4n) is 5.55. The van der Waals surface area contributed by atoms with Crippen LogP contribution in [0.15, 0.2) is 0 Å². The summed E-state index contributed by atoms with van der Waals surface area (Å²) in [4.78, 5) is 30.1. The summed E-state index contributed by atoms with van der Waals surface area (Å²) in [5.74, 6) is 3.32. The first-order valence-corrected chi connectivity index (χ1v) is 23.4. The van der Waals surface area contributed by atoms with Gasteiger partial charge < -0.3 is 0 Å². The Morgan fingerprint density at radius 2 is 0.568 bits per heavy atom. The Bertz CT molecular complexity index is 518. The zero-order valence-corrected chi connectivity index (χ0v) is 32.0. The third kappa shape index (κ3) is 37.4.